The van der Waals surface area contributed by atoms with Gasteiger partial charge in [-0.05, 0) is 37.1 Å². The van der Waals surface area contributed by atoms with Crippen LogP contribution in [0.25, 0.3) is 11.0 Å². The molecule has 2 aromatic carbocycles. The molecular formula is C17H19N3. The molecule has 0 saturated carbocycles. The average molecular weight is 265 g/mol. The number of rotatable bonds is 5. The third kappa shape index (κ3) is 2.67. The molecule has 102 valence electrons. The number of nitrogens with one attached hydrogen (secondary N) is 1. The van der Waals surface area contributed by atoms with Gasteiger partial charge < -0.3 is 9.88 Å². The molecule has 20 heavy (non-hydrogen) atoms. The Hall–Kier alpha value is -2.29. The smallest absolute Gasteiger partial charge is 0.0958 e. The van der Waals surface area contributed by atoms with E-state index in [1.807, 2.05) is 6.33 Å². The molecule has 0 saturated heterocycles. The number of hydrogen-bond acceptors (Lipinski definition) is 2. The number of benzene rings is 2. The second-order valence-electron chi connectivity index (χ2n) is 4.91. The van der Waals surface area contributed by atoms with E-state index in [1.54, 1.807) is 0 Å². The third-order valence-electron chi connectivity index (χ3n) is 3.49. The Labute approximate surface area is 119 Å². The predicted molar refractivity (Wildman–Crippen MR) is 84.0 cm³/mol. The molecule has 1 heterocycles. The molecule has 0 aliphatic carbocycles. The summed E-state index contributed by atoms with van der Waals surface area (Å²) in [5, 5.41) is 3.35. The highest BCUT2D eigenvalue weighted by Gasteiger charge is 2.03. The molecule has 0 spiro atoms. The lowest BCUT2D eigenvalue weighted by atomic mass is 10.1. The zero-order valence-electron chi connectivity index (χ0n) is 11.7. The minimum Gasteiger partial charge on any atom is -0.385 e. The Bertz CT molecular complexity index is 686. The number of nitrogens with zero attached hydrogens (tertiary/aromatic N) is 2. The SMILES string of the molecule is CCNc1ccc2ncn(CCc3ccccc3)c2c1. The number of anilines is 1. The molecule has 0 unspecified atom stereocenters. The molecule has 0 atom stereocenters. The van der Waals surface area contributed by atoms with Crippen molar-refractivity contribution in [2.75, 3.05) is 11.9 Å². The number of imidazole rings is 1. The zero-order chi connectivity index (χ0) is 13.8. The molecule has 3 rings (SSSR count). The molecule has 0 fully saturated rings. The first-order chi connectivity index (χ1) is 9.86. The minimum absolute atomic E-state index is 0.934. The van der Waals surface area contributed by atoms with Crippen molar-refractivity contribution >= 4 is 16.7 Å². The molecule has 3 nitrogen and oxygen atoms in total. The fourth-order valence-corrected chi connectivity index (χ4v) is 2.44. The summed E-state index contributed by atoms with van der Waals surface area (Å²) in [4.78, 5) is 4.47. The van der Waals surface area contributed by atoms with Crippen LogP contribution in [0.15, 0.2) is 54.9 Å². The fourth-order valence-electron chi connectivity index (χ4n) is 2.44. The van der Waals surface area contributed by atoms with E-state index in [1.165, 1.54) is 11.1 Å². The topological polar surface area (TPSA) is 29.9 Å². The summed E-state index contributed by atoms with van der Waals surface area (Å²) >= 11 is 0. The second-order valence-corrected chi connectivity index (χ2v) is 4.91. The molecule has 0 bridgehead atoms. The second kappa shape index (κ2) is 5.78. The number of hydrogen-bond donors (Lipinski definition) is 1. The van der Waals surface area contributed by atoms with Gasteiger partial charge in [0.25, 0.3) is 0 Å². The normalized spacial score (nSPS) is 10.8. The first kappa shape index (κ1) is 12.7. The largest absolute Gasteiger partial charge is 0.385 e. The van der Waals surface area contributed by atoms with Crippen LogP contribution in [0.1, 0.15) is 12.5 Å². The van der Waals surface area contributed by atoms with Crippen LogP contribution in [0.4, 0.5) is 5.69 Å². The van der Waals surface area contributed by atoms with Crippen molar-refractivity contribution in [2.45, 2.75) is 19.9 Å². The Morgan fingerprint density at radius 3 is 2.75 bits per heavy atom. The molecular weight excluding hydrogens is 246 g/mol. The van der Waals surface area contributed by atoms with Gasteiger partial charge in [-0.3, -0.25) is 0 Å². The summed E-state index contributed by atoms with van der Waals surface area (Å²) in [6.45, 7) is 4.00. The van der Waals surface area contributed by atoms with Gasteiger partial charge >= 0.3 is 0 Å². The fraction of sp³-hybridized carbons (Fsp3) is 0.235. The first-order valence-corrected chi connectivity index (χ1v) is 7.09. The summed E-state index contributed by atoms with van der Waals surface area (Å²) < 4.78 is 2.23. The summed E-state index contributed by atoms with van der Waals surface area (Å²) in [7, 11) is 0. The number of aryl methyl sites for hydroxylation is 2. The maximum atomic E-state index is 4.47. The number of aromatic nitrogens is 2. The van der Waals surface area contributed by atoms with E-state index in [0.29, 0.717) is 0 Å². The Balaban J connectivity index is 1.82. The van der Waals surface area contributed by atoms with Gasteiger partial charge in [0.1, 0.15) is 0 Å². The lowest BCUT2D eigenvalue weighted by Gasteiger charge is -2.07. The van der Waals surface area contributed by atoms with Crippen molar-refractivity contribution in [3.05, 3.63) is 60.4 Å². The third-order valence-corrected chi connectivity index (χ3v) is 3.49. The predicted octanol–water partition coefficient (Wildman–Crippen LogP) is 3.71. The maximum absolute atomic E-state index is 4.47. The Morgan fingerprint density at radius 1 is 1.10 bits per heavy atom. The molecule has 0 aliphatic heterocycles. The van der Waals surface area contributed by atoms with Crippen LogP contribution in [0.5, 0.6) is 0 Å². The monoisotopic (exact) mass is 265 g/mol. The maximum Gasteiger partial charge on any atom is 0.0958 e. The van der Waals surface area contributed by atoms with Gasteiger partial charge in [-0.2, -0.15) is 0 Å². The highest BCUT2D eigenvalue weighted by molar-refractivity contribution is 5.79. The van der Waals surface area contributed by atoms with Crippen molar-refractivity contribution in [3.8, 4) is 0 Å². The van der Waals surface area contributed by atoms with E-state index in [2.05, 4.69) is 70.3 Å². The van der Waals surface area contributed by atoms with Crippen LogP contribution in [0, 0.1) is 0 Å². The summed E-state index contributed by atoms with van der Waals surface area (Å²) in [6.07, 6.45) is 2.96. The lowest BCUT2D eigenvalue weighted by molar-refractivity contribution is 0.716. The van der Waals surface area contributed by atoms with E-state index in [0.717, 1.165) is 30.7 Å². The number of fused-ring (bicyclic) bond motifs is 1. The van der Waals surface area contributed by atoms with Gasteiger partial charge in [0.05, 0.1) is 17.4 Å². The average Bonchev–Trinajstić information content (AvgIpc) is 2.89. The molecule has 1 aromatic heterocycles. The van der Waals surface area contributed by atoms with E-state index >= 15 is 0 Å². The Kier molecular flexibility index (Phi) is 3.68. The van der Waals surface area contributed by atoms with Gasteiger partial charge in [-0.25, -0.2) is 4.98 Å². The van der Waals surface area contributed by atoms with Crippen molar-refractivity contribution in [2.24, 2.45) is 0 Å². The van der Waals surface area contributed by atoms with Gasteiger partial charge in [-0.1, -0.05) is 30.3 Å². The van der Waals surface area contributed by atoms with E-state index in [-0.39, 0.29) is 0 Å². The highest BCUT2D eigenvalue weighted by atomic mass is 15.0. The van der Waals surface area contributed by atoms with Crippen LogP contribution < -0.4 is 5.32 Å². The molecule has 0 amide bonds. The van der Waals surface area contributed by atoms with Crippen LogP contribution in [-0.2, 0) is 13.0 Å². The standard InChI is InChI=1S/C17H19N3/c1-2-18-15-8-9-16-17(12-15)20(13-19-16)11-10-14-6-4-3-5-7-14/h3-9,12-13,18H,2,10-11H2,1H3. The van der Waals surface area contributed by atoms with Crippen molar-refractivity contribution in [1.82, 2.24) is 9.55 Å². The molecule has 3 heteroatoms. The van der Waals surface area contributed by atoms with Gasteiger partial charge in [0.2, 0.25) is 0 Å². The highest BCUT2D eigenvalue weighted by Crippen LogP contribution is 2.18. The van der Waals surface area contributed by atoms with Gasteiger partial charge in [-0.15, -0.1) is 0 Å². The van der Waals surface area contributed by atoms with Gasteiger partial charge in [0, 0.05) is 18.8 Å². The Morgan fingerprint density at radius 2 is 1.95 bits per heavy atom. The quantitative estimate of drug-likeness (QED) is 0.762. The van der Waals surface area contributed by atoms with E-state index < -0.39 is 0 Å². The van der Waals surface area contributed by atoms with E-state index in [9.17, 15) is 0 Å². The zero-order valence-corrected chi connectivity index (χ0v) is 11.7. The van der Waals surface area contributed by atoms with Crippen LogP contribution in [0.2, 0.25) is 0 Å². The molecule has 0 radical (unpaired) electrons. The summed E-state index contributed by atoms with van der Waals surface area (Å²) in [5.41, 5.74) is 4.76. The van der Waals surface area contributed by atoms with Gasteiger partial charge in [0.15, 0.2) is 0 Å². The minimum atomic E-state index is 0.934. The first-order valence-electron chi connectivity index (χ1n) is 7.09. The van der Waals surface area contributed by atoms with Crippen molar-refractivity contribution in [3.63, 3.8) is 0 Å². The van der Waals surface area contributed by atoms with Crippen molar-refractivity contribution < 1.29 is 0 Å². The van der Waals surface area contributed by atoms with E-state index in [4.69, 9.17) is 0 Å². The van der Waals surface area contributed by atoms with Crippen LogP contribution in [0.3, 0.4) is 0 Å². The van der Waals surface area contributed by atoms with Crippen molar-refractivity contribution in [1.29, 1.82) is 0 Å². The molecule has 3 aromatic rings. The van der Waals surface area contributed by atoms with Crippen LogP contribution >= 0.6 is 0 Å². The summed E-state index contributed by atoms with van der Waals surface area (Å²) in [5.74, 6) is 0. The molecule has 1 N–H and O–H groups in total. The summed E-state index contributed by atoms with van der Waals surface area (Å²) in [6, 6.07) is 16.9. The van der Waals surface area contributed by atoms with Crippen LogP contribution in [-0.4, -0.2) is 16.1 Å². The molecule has 0 aliphatic rings. The lowest BCUT2D eigenvalue weighted by Crippen LogP contribution is -2.01.